The van der Waals surface area contributed by atoms with E-state index in [1.165, 1.54) is 6.07 Å². The van der Waals surface area contributed by atoms with Crippen LogP contribution in [0.1, 0.15) is 16.2 Å². The van der Waals surface area contributed by atoms with Crippen molar-refractivity contribution in [2.75, 3.05) is 0 Å². The molecule has 19 heavy (non-hydrogen) atoms. The SMILES string of the molecule is NNC(=O)c1cc(COc2cc(Cl)cc(Cl)c2)on1. The number of amides is 1. The molecule has 0 aliphatic carbocycles. The fourth-order valence-corrected chi connectivity index (χ4v) is 1.83. The second kappa shape index (κ2) is 5.92. The third-order valence-corrected chi connectivity index (χ3v) is 2.58. The average molecular weight is 302 g/mol. The number of carbonyl (C=O) groups excluding carboxylic acids is 1. The zero-order valence-corrected chi connectivity index (χ0v) is 11.0. The van der Waals surface area contributed by atoms with Gasteiger partial charge in [-0.05, 0) is 18.2 Å². The number of rotatable bonds is 4. The average Bonchev–Trinajstić information content (AvgIpc) is 2.83. The molecule has 1 heterocycles. The Morgan fingerprint density at radius 2 is 2.00 bits per heavy atom. The van der Waals surface area contributed by atoms with Crippen LogP contribution in [0, 0.1) is 0 Å². The second-order valence-electron chi connectivity index (χ2n) is 3.55. The molecule has 100 valence electrons. The molecule has 0 spiro atoms. The van der Waals surface area contributed by atoms with Gasteiger partial charge in [-0.3, -0.25) is 10.2 Å². The summed E-state index contributed by atoms with van der Waals surface area (Å²) in [6.45, 7) is 0.0848. The Morgan fingerprint density at radius 1 is 1.32 bits per heavy atom. The van der Waals surface area contributed by atoms with Gasteiger partial charge in [0, 0.05) is 16.1 Å². The fraction of sp³-hybridized carbons (Fsp3) is 0.0909. The van der Waals surface area contributed by atoms with E-state index in [-0.39, 0.29) is 12.3 Å². The third-order valence-electron chi connectivity index (χ3n) is 2.14. The number of hydrogen-bond donors (Lipinski definition) is 2. The van der Waals surface area contributed by atoms with Crippen molar-refractivity contribution in [1.29, 1.82) is 0 Å². The topological polar surface area (TPSA) is 90.4 Å². The van der Waals surface area contributed by atoms with E-state index in [1.807, 2.05) is 5.43 Å². The molecule has 6 nitrogen and oxygen atoms in total. The van der Waals surface area contributed by atoms with E-state index in [0.717, 1.165) is 0 Å². The lowest BCUT2D eigenvalue weighted by atomic mass is 10.3. The molecule has 0 bridgehead atoms. The van der Waals surface area contributed by atoms with Crippen LogP contribution >= 0.6 is 23.2 Å². The normalized spacial score (nSPS) is 10.3. The van der Waals surface area contributed by atoms with E-state index in [4.69, 9.17) is 38.3 Å². The zero-order valence-electron chi connectivity index (χ0n) is 9.52. The first kappa shape index (κ1) is 13.7. The first-order valence-corrected chi connectivity index (χ1v) is 5.89. The van der Waals surface area contributed by atoms with Crippen LogP contribution < -0.4 is 16.0 Å². The molecule has 0 saturated carbocycles. The zero-order chi connectivity index (χ0) is 13.8. The summed E-state index contributed by atoms with van der Waals surface area (Å²) in [6.07, 6.45) is 0. The predicted molar refractivity (Wildman–Crippen MR) is 69.0 cm³/mol. The minimum absolute atomic E-state index is 0.0743. The molecule has 0 atom stereocenters. The maximum Gasteiger partial charge on any atom is 0.287 e. The highest BCUT2D eigenvalue weighted by Crippen LogP contribution is 2.24. The van der Waals surface area contributed by atoms with Crippen LogP contribution in [0.4, 0.5) is 0 Å². The number of nitrogens with two attached hydrogens (primary N) is 1. The smallest absolute Gasteiger partial charge is 0.287 e. The Morgan fingerprint density at radius 3 is 2.63 bits per heavy atom. The maximum atomic E-state index is 11.2. The lowest BCUT2D eigenvalue weighted by molar-refractivity contribution is 0.0944. The summed E-state index contributed by atoms with van der Waals surface area (Å²) in [7, 11) is 0. The van der Waals surface area contributed by atoms with E-state index >= 15 is 0 Å². The van der Waals surface area contributed by atoms with Gasteiger partial charge in [0.15, 0.2) is 11.5 Å². The molecule has 1 amide bonds. The summed E-state index contributed by atoms with van der Waals surface area (Å²) in [5.41, 5.74) is 2.02. The molecular formula is C11H9Cl2N3O3. The highest BCUT2D eigenvalue weighted by atomic mass is 35.5. The van der Waals surface area contributed by atoms with Gasteiger partial charge < -0.3 is 9.26 Å². The number of benzene rings is 1. The van der Waals surface area contributed by atoms with Crippen molar-refractivity contribution in [2.24, 2.45) is 5.84 Å². The molecular weight excluding hydrogens is 293 g/mol. The van der Waals surface area contributed by atoms with Crippen molar-refractivity contribution in [2.45, 2.75) is 6.61 Å². The second-order valence-corrected chi connectivity index (χ2v) is 4.42. The molecule has 0 radical (unpaired) electrons. The minimum Gasteiger partial charge on any atom is -0.485 e. The van der Waals surface area contributed by atoms with Gasteiger partial charge in [0.25, 0.3) is 5.91 Å². The van der Waals surface area contributed by atoms with Gasteiger partial charge in [-0.1, -0.05) is 28.4 Å². The van der Waals surface area contributed by atoms with Gasteiger partial charge in [0.1, 0.15) is 12.4 Å². The van der Waals surface area contributed by atoms with Gasteiger partial charge in [0.05, 0.1) is 0 Å². The van der Waals surface area contributed by atoms with Crippen LogP contribution in [0.2, 0.25) is 10.0 Å². The van der Waals surface area contributed by atoms with Gasteiger partial charge in [-0.2, -0.15) is 0 Å². The Kier molecular flexibility index (Phi) is 4.26. The van der Waals surface area contributed by atoms with Gasteiger partial charge in [-0.25, -0.2) is 5.84 Å². The summed E-state index contributed by atoms with van der Waals surface area (Å²) >= 11 is 11.7. The first-order chi connectivity index (χ1) is 9.08. The van der Waals surface area contributed by atoms with Gasteiger partial charge in [-0.15, -0.1) is 0 Å². The third kappa shape index (κ3) is 3.60. The molecule has 0 saturated heterocycles. The maximum absolute atomic E-state index is 11.2. The monoisotopic (exact) mass is 301 g/mol. The molecule has 0 aliphatic heterocycles. The Balaban J connectivity index is 2.02. The van der Waals surface area contributed by atoms with E-state index in [1.54, 1.807) is 18.2 Å². The number of nitrogen functional groups attached to an aromatic ring is 1. The number of nitrogens with zero attached hydrogens (tertiary/aromatic N) is 1. The first-order valence-electron chi connectivity index (χ1n) is 5.14. The largest absolute Gasteiger partial charge is 0.485 e. The fourth-order valence-electron chi connectivity index (χ4n) is 1.33. The number of hydrogen-bond acceptors (Lipinski definition) is 5. The highest BCUT2D eigenvalue weighted by Gasteiger charge is 2.11. The van der Waals surface area contributed by atoms with Crippen LogP contribution in [0.5, 0.6) is 5.75 Å². The van der Waals surface area contributed by atoms with Gasteiger partial charge in [0.2, 0.25) is 0 Å². The Hall–Kier alpha value is -1.76. The van der Waals surface area contributed by atoms with Crippen LogP contribution in [0.25, 0.3) is 0 Å². The van der Waals surface area contributed by atoms with Crippen LogP contribution in [-0.4, -0.2) is 11.1 Å². The molecule has 1 aromatic carbocycles. The quantitative estimate of drug-likeness (QED) is 0.513. The van der Waals surface area contributed by atoms with E-state index in [0.29, 0.717) is 21.6 Å². The molecule has 8 heteroatoms. The van der Waals surface area contributed by atoms with Crippen LogP contribution in [0.3, 0.4) is 0 Å². The van der Waals surface area contributed by atoms with Gasteiger partial charge >= 0.3 is 0 Å². The molecule has 0 unspecified atom stereocenters. The van der Waals surface area contributed by atoms with E-state index in [2.05, 4.69) is 5.16 Å². The summed E-state index contributed by atoms with van der Waals surface area (Å²) < 4.78 is 10.3. The number of ether oxygens (including phenoxy) is 1. The molecule has 0 fully saturated rings. The van der Waals surface area contributed by atoms with Crippen LogP contribution in [0.15, 0.2) is 28.8 Å². The molecule has 3 N–H and O–H groups in total. The summed E-state index contributed by atoms with van der Waals surface area (Å²) in [5, 5.41) is 4.46. The van der Waals surface area contributed by atoms with Crippen molar-refractivity contribution >= 4 is 29.1 Å². The van der Waals surface area contributed by atoms with E-state index in [9.17, 15) is 4.79 Å². The lowest BCUT2D eigenvalue weighted by Gasteiger charge is -2.04. The molecule has 1 aromatic heterocycles. The lowest BCUT2D eigenvalue weighted by Crippen LogP contribution is -2.30. The molecule has 2 aromatic rings. The number of hydrazine groups is 1. The number of carbonyl (C=O) groups is 1. The van der Waals surface area contributed by atoms with E-state index < -0.39 is 5.91 Å². The number of aromatic nitrogens is 1. The molecule has 0 aliphatic rings. The Labute approximate surface area is 118 Å². The van der Waals surface area contributed by atoms with Crippen molar-refractivity contribution in [3.63, 3.8) is 0 Å². The minimum atomic E-state index is -0.541. The highest BCUT2D eigenvalue weighted by molar-refractivity contribution is 6.34. The molecule has 2 rings (SSSR count). The van der Waals surface area contributed by atoms with Crippen molar-refractivity contribution in [3.05, 3.63) is 45.8 Å². The summed E-state index contributed by atoms with van der Waals surface area (Å²) in [4.78, 5) is 11.2. The summed E-state index contributed by atoms with van der Waals surface area (Å²) in [6, 6.07) is 6.23. The van der Waals surface area contributed by atoms with Crippen molar-refractivity contribution < 1.29 is 14.1 Å². The predicted octanol–water partition coefficient (Wildman–Crippen LogP) is 2.16. The Bertz CT molecular complexity index is 580. The number of nitrogens with one attached hydrogen (secondary N) is 1. The van der Waals surface area contributed by atoms with Crippen LogP contribution in [-0.2, 0) is 6.61 Å². The van der Waals surface area contributed by atoms with Crippen molar-refractivity contribution in [1.82, 2.24) is 10.6 Å². The van der Waals surface area contributed by atoms with Crippen molar-refractivity contribution in [3.8, 4) is 5.75 Å². The summed E-state index contributed by atoms with van der Waals surface area (Å²) in [5.74, 6) is 5.28. The standard InChI is InChI=1S/C11H9Cl2N3O3/c12-6-1-7(13)3-8(2-6)18-5-9-4-10(16-19-9)11(17)15-14/h1-4H,5,14H2,(H,15,17). The number of halogens is 2.